The standard InChI is InChI=1S/C17H14F3N5O2/c1-16(2,12-8-4-6-10(22-12)14(26)27)11-7-3-5-9(21-11)13-23-15(25-24-13)17(18,19)20/h3-8H,1-2H3,(H,26,27)(H,23,24,25). The largest absolute Gasteiger partial charge is 0.477 e. The zero-order valence-electron chi connectivity index (χ0n) is 14.2. The zero-order chi connectivity index (χ0) is 19.8. The number of aromatic amines is 1. The average molecular weight is 377 g/mol. The SMILES string of the molecule is CC(C)(c1cccc(C(=O)O)n1)c1cccc(-c2n[nH]c(C(F)(F)F)n2)n1. The summed E-state index contributed by atoms with van der Waals surface area (Å²) >= 11 is 0. The van der Waals surface area contributed by atoms with Crippen molar-refractivity contribution in [2.45, 2.75) is 25.4 Å². The lowest BCUT2D eigenvalue weighted by atomic mass is 9.84. The smallest absolute Gasteiger partial charge is 0.451 e. The summed E-state index contributed by atoms with van der Waals surface area (Å²) in [4.78, 5) is 23.1. The van der Waals surface area contributed by atoms with Crippen LogP contribution in [0, 0.1) is 0 Å². The van der Waals surface area contributed by atoms with E-state index in [-0.39, 0.29) is 17.2 Å². The number of carbonyl (C=O) groups is 1. The highest BCUT2D eigenvalue weighted by Gasteiger charge is 2.35. The van der Waals surface area contributed by atoms with Crippen LogP contribution in [0.1, 0.15) is 41.5 Å². The quantitative estimate of drug-likeness (QED) is 0.723. The third-order valence-corrected chi connectivity index (χ3v) is 3.98. The molecule has 7 nitrogen and oxygen atoms in total. The third kappa shape index (κ3) is 3.64. The molecule has 3 aromatic heterocycles. The van der Waals surface area contributed by atoms with E-state index in [1.54, 1.807) is 38.1 Å². The van der Waals surface area contributed by atoms with Crippen LogP contribution >= 0.6 is 0 Å². The minimum Gasteiger partial charge on any atom is -0.477 e. The Morgan fingerprint density at radius 1 is 1.00 bits per heavy atom. The number of hydrogen-bond acceptors (Lipinski definition) is 5. The molecule has 0 aliphatic carbocycles. The lowest BCUT2D eigenvalue weighted by molar-refractivity contribution is -0.144. The summed E-state index contributed by atoms with van der Waals surface area (Å²) in [5.41, 5.74) is 0.179. The van der Waals surface area contributed by atoms with Crippen molar-refractivity contribution >= 4 is 5.97 Å². The summed E-state index contributed by atoms with van der Waals surface area (Å²) in [5.74, 6) is -2.55. The normalized spacial score (nSPS) is 12.2. The van der Waals surface area contributed by atoms with Gasteiger partial charge in [0.15, 0.2) is 5.82 Å². The Bertz CT molecular complexity index is 998. The van der Waals surface area contributed by atoms with Gasteiger partial charge in [-0.05, 0) is 38.1 Å². The molecular formula is C17H14F3N5O2. The van der Waals surface area contributed by atoms with Crippen LogP contribution in [0.4, 0.5) is 13.2 Å². The van der Waals surface area contributed by atoms with Gasteiger partial charge in [-0.2, -0.15) is 18.3 Å². The number of carboxylic acids is 1. The van der Waals surface area contributed by atoms with Gasteiger partial charge in [0.1, 0.15) is 11.4 Å². The van der Waals surface area contributed by atoms with Gasteiger partial charge in [0.2, 0.25) is 5.82 Å². The molecule has 0 saturated heterocycles. The molecule has 27 heavy (non-hydrogen) atoms. The van der Waals surface area contributed by atoms with Crippen LogP contribution in [-0.2, 0) is 11.6 Å². The maximum atomic E-state index is 12.7. The summed E-state index contributed by atoms with van der Waals surface area (Å²) in [7, 11) is 0. The Kier molecular flexibility index (Phi) is 4.42. The van der Waals surface area contributed by atoms with Crippen LogP contribution < -0.4 is 0 Å². The van der Waals surface area contributed by atoms with Crippen LogP contribution in [0.2, 0.25) is 0 Å². The fraction of sp³-hybridized carbons (Fsp3) is 0.235. The molecule has 0 aromatic carbocycles. The number of halogens is 3. The first-order valence-electron chi connectivity index (χ1n) is 7.77. The van der Waals surface area contributed by atoms with E-state index in [0.717, 1.165) is 0 Å². The summed E-state index contributed by atoms with van der Waals surface area (Å²) in [5, 5.41) is 14.5. The molecule has 3 rings (SSSR count). The summed E-state index contributed by atoms with van der Waals surface area (Å²) < 4.78 is 38.1. The molecule has 0 fully saturated rings. The number of alkyl halides is 3. The van der Waals surface area contributed by atoms with Crippen molar-refractivity contribution in [2.75, 3.05) is 0 Å². The zero-order valence-corrected chi connectivity index (χ0v) is 14.2. The molecule has 3 heterocycles. The number of aromatic nitrogens is 5. The molecule has 0 unspecified atom stereocenters. The van der Waals surface area contributed by atoms with Crippen molar-refractivity contribution in [3.05, 3.63) is 59.3 Å². The van der Waals surface area contributed by atoms with Gasteiger partial charge in [-0.15, -0.1) is 0 Å². The molecule has 2 N–H and O–H groups in total. The van der Waals surface area contributed by atoms with E-state index >= 15 is 0 Å². The molecule has 10 heteroatoms. The van der Waals surface area contributed by atoms with E-state index in [1.807, 2.05) is 5.10 Å². The van der Waals surface area contributed by atoms with Gasteiger partial charge in [0, 0.05) is 5.41 Å². The molecular weight excluding hydrogens is 363 g/mol. The van der Waals surface area contributed by atoms with Crippen LogP contribution in [0.25, 0.3) is 11.5 Å². The molecule has 0 bridgehead atoms. The van der Waals surface area contributed by atoms with Gasteiger partial charge in [-0.1, -0.05) is 12.1 Å². The van der Waals surface area contributed by atoms with E-state index < -0.39 is 23.4 Å². The van der Waals surface area contributed by atoms with Gasteiger partial charge in [-0.25, -0.2) is 19.7 Å². The minimum absolute atomic E-state index is 0.111. The maximum Gasteiger partial charge on any atom is 0.451 e. The van der Waals surface area contributed by atoms with Crippen molar-refractivity contribution in [3.8, 4) is 11.5 Å². The van der Waals surface area contributed by atoms with Crippen LogP contribution in [0.3, 0.4) is 0 Å². The van der Waals surface area contributed by atoms with Gasteiger partial charge in [-0.3, -0.25) is 5.10 Å². The number of H-pyrrole nitrogens is 1. The highest BCUT2D eigenvalue weighted by atomic mass is 19.4. The molecule has 0 atom stereocenters. The number of carboxylic acid groups (broad SMARTS) is 1. The van der Waals surface area contributed by atoms with Crippen molar-refractivity contribution < 1.29 is 23.1 Å². The number of nitrogens with one attached hydrogen (secondary N) is 1. The van der Waals surface area contributed by atoms with Gasteiger partial charge in [0.25, 0.3) is 0 Å². The lowest BCUT2D eigenvalue weighted by Crippen LogP contribution is -2.23. The molecule has 0 aliphatic rings. The second-order valence-electron chi connectivity index (χ2n) is 6.25. The number of pyridine rings is 2. The fourth-order valence-corrected chi connectivity index (χ4v) is 2.44. The van der Waals surface area contributed by atoms with Gasteiger partial charge in [0.05, 0.1) is 11.4 Å². The molecule has 0 amide bonds. The Morgan fingerprint density at radius 2 is 1.63 bits per heavy atom. The first kappa shape index (κ1) is 18.5. The third-order valence-electron chi connectivity index (χ3n) is 3.98. The molecule has 0 radical (unpaired) electrons. The summed E-state index contributed by atoms with van der Waals surface area (Å²) in [6, 6.07) is 9.39. The maximum absolute atomic E-state index is 12.7. The van der Waals surface area contributed by atoms with Gasteiger partial charge < -0.3 is 5.11 Å². The monoisotopic (exact) mass is 377 g/mol. The number of aromatic carboxylic acids is 1. The average Bonchev–Trinajstić information content (AvgIpc) is 3.12. The highest BCUT2D eigenvalue weighted by Crippen LogP contribution is 2.31. The number of nitrogens with zero attached hydrogens (tertiary/aromatic N) is 4. The van der Waals surface area contributed by atoms with E-state index in [4.69, 9.17) is 5.11 Å². The molecule has 140 valence electrons. The molecule has 0 spiro atoms. The highest BCUT2D eigenvalue weighted by molar-refractivity contribution is 5.85. The fourth-order valence-electron chi connectivity index (χ4n) is 2.44. The summed E-state index contributed by atoms with van der Waals surface area (Å²) in [6.07, 6.45) is -4.64. The van der Waals surface area contributed by atoms with Crippen LogP contribution in [-0.4, -0.2) is 36.2 Å². The van der Waals surface area contributed by atoms with E-state index in [1.165, 1.54) is 12.1 Å². The first-order chi connectivity index (χ1) is 12.6. The molecule has 3 aromatic rings. The number of rotatable bonds is 4. The molecule has 0 aliphatic heterocycles. The topological polar surface area (TPSA) is 105 Å². The lowest BCUT2D eigenvalue weighted by Gasteiger charge is -2.24. The van der Waals surface area contributed by atoms with Crippen molar-refractivity contribution in [1.82, 2.24) is 25.1 Å². The van der Waals surface area contributed by atoms with Crippen molar-refractivity contribution in [3.63, 3.8) is 0 Å². The Hall–Kier alpha value is -3.30. The summed E-state index contributed by atoms with van der Waals surface area (Å²) in [6.45, 7) is 3.57. The second kappa shape index (κ2) is 6.45. The van der Waals surface area contributed by atoms with Crippen molar-refractivity contribution in [1.29, 1.82) is 0 Å². The Morgan fingerprint density at radius 3 is 2.22 bits per heavy atom. The van der Waals surface area contributed by atoms with E-state index in [9.17, 15) is 18.0 Å². The van der Waals surface area contributed by atoms with Crippen LogP contribution in [0.15, 0.2) is 36.4 Å². The first-order valence-corrected chi connectivity index (χ1v) is 7.77. The minimum atomic E-state index is -4.64. The second-order valence-corrected chi connectivity index (χ2v) is 6.25. The predicted octanol–water partition coefficient (Wildman–Crippen LogP) is 3.30. The van der Waals surface area contributed by atoms with Crippen LogP contribution in [0.5, 0.6) is 0 Å². The predicted molar refractivity (Wildman–Crippen MR) is 87.9 cm³/mol. The van der Waals surface area contributed by atoms with Crippen molar-refractivity contribution in [2.24, 2.45) is 0 Å². The van der Waals surface area contributed by atoms with E-state index in [0.29, 0.717) is 11.4 Å². The van der Waals surface area contributed by atoms with E-state index in [2.05, 4.69) is 20.1 Å². The number of hydrogen-bond donors (Lipinski definition) is 2. The molecule has 0 saturated carbocycles. The Labute approximate surface area is 151 Å². The Balaban J connectivity index is 2.00. The van der Waals surface area contributed by atoms with Gasteiger partial charge >= 0.3 is 12.1 Å².